The van der Waals surface area contributed by atoms with E-state index in [1.165, 1.54) is 5.56 Å². The number of carbonyl (C=O) groups is 1. The minimum Gasteiger partial charge on any atom is -0.357 e. The highest BCUT2D eigenvalue weighted by Crippen LogP contribution is 2.12. The quantitative estimate of drug-likeness (QED) is 0.788. The van der Waals surface area contributed by atoms with Gasteiger partial charge in [-0.05, 0) is 50.1 Å². The molecule has 2 aromatic heterocycles. The second-order valence-electron chi connectivity index (χ2n) is 5.41. The van der Waals surface area contributed by atoms with Crippen LogP contribution in [0.25, 0.3) is 0 Å². The Hall–Kier alpha value is -2.43. The van der Waals surface area contributed by atoms with Crippen LogP contribution in [0.2, 0.25) is 0 Å². The van der Waals surface area contributed by atoms with Gasteiger partial charge in [0.15, 0.2) is 0 Å². The van der Waals surface area contributed by atoms with E-state index in [-0.39, 0.29) is 5.91 Å². The van der Waals surface area contributed by atoms with Crippen LogP contribution in [-0.2, 0) is 6.42 Å². The smallest absolute Gasteiger partial charge is 0.255 e. The van der Waals surface area contributed by atoms with Crippen LogP contribution in [0.15, 0.2) is 42.9 Å². The maximum absolute atomic E-state index is 12.4. The molecule has 2 rings (SSSR count). The summed E-state index contributed by atoms with van der Waals surface area (Å²) in [5.74, 6) is 0.906. The summed E-state index contributed by atoms with van der Waals surface area (Å²) in [5, 5.41) is 0. The monoisotopic (exact) mass is 312 g/mol. The maximum atomic E-state index is 12.4. The third-order valence-electron chi connectivity index (χ3n) is 3.91. The summed E-state index contributed by atoms with van der Waals surface area (Å²) in [7, 11) is 1.82. The summed E-state index contributed by atoms with van der Waals surface area (Å²) < 4.78 is 0. The van der Waals surface area contributed by atoms with Crippen molar-refractivity contribution in [3.8, 4) is 0 Å². The molecule has 2 heterocycles. The molecule has 122 valence electrons. The fraction of sp³-hybridized carbons (Fsp3) is 0.389. The molecular weight excluding hydrogens is 288 g/mol. The van der Waals surface area contributed by atoms with Crippen LogP contribution in [0.1, 0.15) is 29.8 Å². The number of pyridine rings is 2. The lowest BCUT2D eigenvalue weighted by Crippen LogP contribution is -2.29. The summed E-state index contributed by atoms with van der Waals surface area (Å²) in [6, 6.07) is 7.71. The van der Waals surface area contributed by atoms with Crippen molar-refractivity contribution in [3.05, 3.63) is 54.0 Å². The predicted octanol–water partition coefficient (Wildman–Crippen LogP) is 2.64. The largest absolute Gasteiger partial charge is 0.357 e. The predicted molar refractivity (Wildman–Crippen MR) is 92.7 cm³/mol. The topological polar surface area (TPSA) is 49.3 Å². The number of anilines is 1. The second-order valence-corrected chi connectivity index (χ2v) is 5.41. The summed E-state index contributed by atoms with van der Waals surface area (Å²) in [6.45, 7) is 6.67. The lowest BCUT2D eigenvalue weighted by Gasteiger charge is -2.20. The Morgan fingerprint density at radius 1 is 1.09 bits per heavy atom. The first-order valence-electron chi connectivity index (χ1n) is 8.01. The molecule has 23 heavy (non-hydrogen) atoms. The molecule has 0 radical (unpaired) electrons. The highest BCUT2D eigenvalue weighted by molar-refractivity contribution is 5.93. The van der Waals surface area contributed by atoms with Gasteiger partial charge in [-0.25, -0.2) is 4.98 Å². The Kier molecular flexibility index (Phi) is 6.09. The number of rotatable bonds is 7. The van der Waals surface area contributed by atoms with Gasteiger partial charge in [0, 0.05) is 45.3 Å². The standard InChI is InChI=1S/C18H24N4O/c1-4-22(5-2)17-7-6-16(14-20-17)18(23)21(3)13-10-15-8-11-19-12-9-15/h6-9,11-12,14H,4-5,10,13H2,1-3H3. The van der Waals surface area contributed by atoms with Gasteiger partial charge in [0.05, 0.1) is 5.56 Å². The van der Waals surface area contributed by atoms with Crippen LogP contribution >= 0.6 is 0 Å². The van der Waals surface area contributed by atoms with Gasteiger partial charge < -0.3 is 9.80 Å². The molecule has 0 saturated carbocycles. The van der Waals surface area contributed by atoms with Crippen molar-refractivity contribution in [2.24, 2.45) is 0 Å². The van der Waals surface area contributed by atoms with E-state index >= 15 is 0 Å². The molecule has 1 amide bonds. The Bertz CT molecular complexity index is 609. The van der Waals surface area contributed by atoms with Gasteiger partial charge >= 0.3 is 0 Å². The van der Waals surface area contributed by atoms with Gasteiger partial charge in [-0.15, -0.1) is 0 Å². The Labute approximate surface area is 138 Å². The van der Waals surface area contributed by atoms with Gasteiger partial charge in [-0.3, -0.25) is 9.78 Å². The SMILES string of the molecule is CCN(CC)c1ccc(C(=O)N(C)CCc2ccncc2)cn1. The Morgan fingerprint density at radius 3 is 2.35 bits per heavy atom. The van der Waals surface area contributed by atoms with Gasteiger partial charge in [0.1, 0.15) is 5.82 Å². The van der Waals surface area contributed by atoms with Crippen LogP contribution in [-0.4, -0.2) is 47.5 Å². The maximum Gasteiger partial charge on any atom is 0.255 e. The average molecular weight is 312 g/mol. The zero-order valence-corrected chi connectivity index (χ0v) is 14.1. The normalized spacial score (nSPS) is 10.4. The van der Waals surface area contributed by atoms with E-state index in [4.69, 9.17) is 0 Å². The summed E-state index contributed by atoms with van der Waals surface area (Å²) >= 11 is 0. The zero-order valence-electron chi connectivity index (χ0n) is 14.1. The molecule has 0 N–H and O–H groups in total. The lowest BCUT2D eigenvalue weighted by atomic mass is 10.2. The molecule has 0 aliphatic rings. The number of carbonyl (C=O) groups excluding carboxylic acids is 1. The first-order valence-corrected chi connectivity index (χ1v) is 8.01. The summed E-state index contributed by atoms with van der Waals surface area (Å²) in [4.78, 5) is 24.7. The van der Waals surface area contributed by atoms with E-state index in [2.05, 4.69) is 28.7 Å². The molecule has 0 spiro atoms. The zero-order chi connectivity index (χ0) is 16.7. The first kappa shape index (κ1) is 16.9. The van der Waals surface area contributed by atoms with Gasteiger partial charge in [0.2, 0.25) is 0 Å². The van der Waals surface area contributed by atoms with E-state index in [1.807, 2.05) is 31.3 Å². The minimum absolute atomic E-state index is 0.00217. The van der Waals surface area contributed by atoms with Crippen molar-refractivity contribution < 1.29 is 4.79 Å². The van der Waals surface area contributed by atoms with Crippen molar-refractivity contribution in [3.63, 3.8) is 0 Å². The number of likely N-dealkylation sites (N-methyl/N-ethyl adjacent to an activating group) is 1. The van der Waals surface area contributed by atoms with Crippen molar-refractivity contribution in [2.45, 2.75) is 20.3 Å². The molecule has 0 atom stereocenters. The van der Waals surface area contributed by atoms with Crippen LogP contribution in [0.3, 0.4) is 0 Å². The third-order valence-corrected chi connectivity index (χ3v) is 3.91. The molecule has 0 saturated heterocycles. The molecule has 5 heteroatoms. The van der Waals surface area contributed by atoms with E-state index in [0.29, 0.717) is 12.1 Å². The molecule has 0 aliphatic carbocycles. The number of nitrogens with zero attached hydrogens (tertiary/aromatic N) is 4. The number of hydrogen-bond acceptors (Lipinski definition) is 4. The molecule has 0 bridgehead atoms. The van der Waals surface area contributed by atoms with Crippen LogP contribution in [0.5, 0.6) is 0 Å². The highest BCUT2D eigenvalue weighted by Gasteiger charge is 2.13. The molecule has 0 aliphatic heterocycles. The van der Waals surface area contributed by atoms with Gasteiger partial charge in [-0.1, -0.05) is 0 Å². The Balaban J connectivity index is 1.96. The fourth-order valence-corrected chi connectivity index (χ4v) is 2.42. The summed E-state index contributed by atoms with van der Waals surface area (Å²) in [5.41, 5.74) is 1.80. The minimum atomic E-state index is -0.00217. The van der Waals surface area contributed by atoms with E-state index in [1.54, 1.807) is 23.5 Å². The summed E-state index contributed by atoms with van der Waals surface area (Å²) in [6.07, 6.45) is 6.02. The lowest BCUT2D eigenvalue weighted by molar-refractivity contribution is 0.0796. The van der Waals surface area contributed by atoms with Gasteiger partial charge in [-0.2, -0.15) is 0 Å². The number of hydrogen-bond donors (Lipinski definition) is 0. The van der Waals surface area contributed by atoms with Gasteiger partial charge in [0.25, 0.3) is 5.91 Å². The molecule has 5 nitrogen and oxygen atoms in total. The number of amides is 1. The average Bonchev–Trinajstić information content (AvgIpc) is 2.61. The third kappa shape index (κ3) is 4.52. The molecule has 0 aromatic carbocycles. The van der Waals surface area contributed by atoms with E-state index < -0.39 is 0 Å². The van der Waals surface area contributed by atoms with Crippen LogP contribution in [0.4, 0.5) is 5.82 Å². The Morgan fingerprint density at radius 2 is 1.78 bits per heavy atom. The highest BCUT2D eigenvalue weighted by atomic mass is 16.2. The molecule has 0 fully saturated rings. The fourth-order valence-electron chi connectivity index (χ4n) is 2.42. The number of aromatic nitrogens is 2. The van der Waals surface area contributed by atoms with Crippen molar-refractivity contribution in [2.75, 3.05) is 31.6 Å². The first-order chi connectivity index (χ1) is 11.2. The van der Waals surface area contributed by atoms with Crippen molar-refractivity contribution >= 4 is 11.7 Å². The second kappa shape index (κ2) is 8.27. The van der Waals surface area contributed by atoms with Crippen LogP contribution in [0, 0.1) is 0 Å². The van der Waals surface area contributed by atoms with E-state index in [0.717, 1.165) is 25.3 Å². The molecule has 2 aromatic rings. The molecule has 0 unspecified atom stereocenters. The van der Waals surface area contributed by atoms with E-state index in [9.17, 15) is 4.79 Å². The molecular formula is C18H24N4O. The van der Waals surface area contributed by atoms with Crippen molar-refractivity contribution in [1.29, 1.82) is 0 Å². The van der Waals surface area contributed by atoms with Crippen molar-refractivity contribution in [1.82, 2.24) is 14.9 Å². The van der Waals surface area contributed by atoms with Crippen LogP contribution < -0.4 is 4.90 Å².